The molecular formula is C14H20N2O2S2. The molecule has 0 radical (unpaired) electrons. The molecule has 2 N–H and O–H groups in total. The Morgan fingerprint density at radius 3 is 2.75 bits per heavy atom. The third kappa shape index (κ3) is 2.73. The van der Waals surface area contributed by atoms with Crippen molar-refractivity contribution in [3.63, 3.8) is 0 Å². The highest BCUT2D eigenvalue weighted by Crippen LogP contribution is 2.32. The number of hydrogen-bond donors (Lipinski definition) is 1. The third-order valence-corrected chi connectivity index (χ3v) is 6.18. The van der Waals surface area contributed by atoms with Gasteiger partial charge < -0.3 is 5.73 Å². The monoisotopic (exact) mass is 312 g/mol. The maximum Gasteiger partial charge on any atom is 0.243 e. The van der Waals surface area contributed by atoms with Crippen LogP contribution >= 0.6 is 12.2 Å². The quantitative estimate of drug-likeness (QED) is 0.866. The van der Waals surface area contributed by atoms with Crippen molar-refractivity contribution < 1.29 is 8.42 Å². The molecule has 6 heteroatoms. The molecule has 2 rings (SSSR count). The minimum atomic E-state index is -3.49. The molecule has 1 aliphatic rings. The van der Waals surface area contributed by atoms with Gasteiger partial charge in [-0.2, -0.15) is 4.31 Å². The Morgan fingerprint density at radius 1 is 1.45 bits per heavy atom. The summed E-state index contributed by atoms with van der Waals surface area (Å²) >= 11 is 4.92. The smallest absolute Gasteiger partial charge is 0.243 e. The standard InChI is InChI=1S/C14H20N2O2S2/c1-3-12-8-7-10(2)16(12)20(17,18)13-6-4-5-11(9-13)14(15)19/h4-6,9-10,12H,3,7-8H2,1-2H3,(H2,15,19). The summed E-state index contributed by atoms with van der Waals surface area (Å²) in [6.45, 7) is 3.99. The predicted molar refractivity (Wildman–Crippen MR) is 84.1 cm³/mol. The van der Waals surface area contributed by atoms with Gasteiger partial charge in [0.05, 0.1) is 4.90 Å². The first-order valence-electron chi connectivity index (χ1n) is 6.81. The predicted octanol–water partition coefficient (Wildman–Crippen LogP) is 2.27. The Bertz CT molecular complexity index is 613. The lowest BCUT2D eigenvalue weighted by atomic mass is 10.2. The van der Waals surface area contributed by atoms with E-state index in [1.807, 2.05) is 13.8 Å². The van der Waals surface area contributed by atoms with Crippen LogP contribution < -0.4 is 5.73 Å². The normalized spacial score (nSPS) is 23.9. The minimum Gasteiger partial charge on any atom is -0.389 e. The maximum absolute atomic E-state index is 12.8. The van der Waals surface area contributed by atoms with Gasteiger partial charge in [0.1, 0.15) is 4.99 Å². The van der Waals surface area contributed by atoms with Crippen LogP contribution in [0.4, 0.5) is 0 Å². The summed E-state index contributed by atoms with van der Waals surface area (Å²) in [6.07, 6.45) is 2.66. The first kappa shape index (κ1) is 15.4. The summed E-state index contributed by atoms with van der Waals surface area (Å²) < 4.78 is 27.3. The highest BCUT2D eigenvalue weighted by Gasteiger charge is 2.39. The van der Waals surface area contributed by atoms with Crippen LogP contribution in [-0.4, -0.2) is 29.8 Å². The largest absolute Gasteiger partial charge is 0.389 e. The SMILES string of the molecule is CCC1CCC(C)N1S(=O)(=O)c1cccc(C(N)=S)c1. The molecule has 0 saturated carbocycles. The summed E-state index contributed by atoms with van der Waals surface area (Å²) in [4.78, 5) is 0.485. The van der Waals surface area contributed by atoms with Gasteiger partial charge in [0.25, 0.3) is 0 Å². The molecule has 0 bridgehead atoms. The number of nitrogens with two attached hydrogens (primary N) is 1. The molecular weight excluding hydrogens is 292 g/mol. The van der Waals surface area contributed by atoms with Crippen LogP contribution in [0.1, 0.15) is 38.7 Å². The van der Waals surface area contributed by atoms with Crippen LogP contribution in [0, 0.1) is 0 Å². The van der Waals surface area contributed by atoms with Crippen LogP contribution in [0.2, 0.25) is 0 Å². The van der Waals surface area contributed by atoms with Crippen molar-refractivity contribution >= 4 is 27.2 Å². The van der Waals surface area contributed by atoms with E-state index in [1.165, 1.54) is 0 Å². The molecule has 2 atom stereocenters. The number of thiocarbonyl (C=S) groups is 1. The van der Waals surface area contributed by atoms with Crippen molar-refractivity contribution in [1.82, 2.24) is 4.31 Å². The number of hydrogen-bond acceptors (Lipinski definition) is 3. The molecule has 1 heterocycles. The maximum atomic E-state index is 12.8. The third-order valence-electron chi connectivity index (χ3n) is 3.88. The number of rotatable bonds is 4. The van der Waals surface area contributed by atoms with Crippen molar-refractivity contribution in [1.29, 1.82) is 0 Å². The zero-order chi connectivity index (χ0) is 14.9. The molecule has 0 spiro atoms. The second kappa shape index (κ2) is 5.79. The summed E-state index contributed by atoms with van der Waals surface area (Å²) in [5, 5.41) is 0. The highest BCUT2D eigenvalue weighted by molar-refractivity contribution is 7.89. The van der Waals surface area contributed by atoms with E-state index in [-0.39, 0.29) is 22.0 Å². The number of sulfonamides is 1. The summed E-state index contributed by atoms with van der Waals surface area (Å²) in [6, 6.07) is 6.71. The second-order valence-electron chi connectivity index (χ2n) is 5.22. The summed E-state index contributed by atoms with van der Waals surface area (Å²) in [5.41, 5.74) is 6.17. The average molecular weight is 312 g/mol. The number of benzene rings is 1. The molecule has 0 aliphatic carbocycles. The molecule has 0 aromatic heterocycles. The van der Waals surface area contributed by atoms with Gasteiger partial charge in [-0.3, -0.25) is 0 Å². The van der Waals surface area contributed by atoms with Gasteiger partial charge in [0.15, 0.2) is 0 Å². The minimum absolute atomic E-state index is 0.0402. The van der Waals surface area contributed by atoms with Crippen molar-refractivity contribution in [3.8, 4) is 0 Å². The van der Waals surface area contributed by atoms with Gasteiger partial charge in [0.2, 0.25) is 10.0 Å². The van der Waals surface area contributed by atoms with Gasteiger partial charge in [-0.15, -0.1) is 0 Å². The van der Waals surface area contributed by atoms with Crippen molar-refractivity contribution in [2.75, 3.05) is 0 Å². The van der Waals surface area contributed by atoms with E-state index in [2.05, 4.69) is 0 Å². The Morgan fingerprint density at radius 2 is 2.15 bits per heavy atom. The van der Waals surface area contributed by atoms with E-state index >= 15 is 0 Å². The molecule has 1 aromatic rings. The molecule has 110 valence electrons. The van der Waals surface area contributed by atoms with Gasteiger partial charge in [-0.1, -0.05) is 31.3 Å². The molecule has 4 nitrogen and oxygen atoms in total. The first-order valence-corrected chi connectivity index (χ1v) is 8.66. The van der Waals surface area contributed by atoms with Gasteiger partial charge in [-0.25, -0.2) is 8.42 Å². The fourth-order valence-corrected chi connectivity index (χ4v) is 4.92. The first-order chi connectivity index (χ1) is 9.37. The Hall–Kier alpha value is -0.980. The molecule has 20 heavy (non-hydrogen) atoms. The molecule has 0 amide bonds. The lowest BCUT2D eigenvalue weighted by Gasteiger charge is -2.27. The van der Waals surface area contributed by atoms with E-state index in [4.69, 9.17) is 18.0 Å². The van der Waals surface area contributed by atoms with E-state index in [0.717, 1.165) is 19.3 Å². The Kier molecular flexibility index (Phi) is 4.46. The molecule has 1 aliphatic heterocycles. The van der Waals surface area contributed by atoms with Gasteiger partial charge >= 0.3 is 0 Å². The van der Waals surface area contributed by atoms with Gasteiger partial charge in [-0.05, 0) is 38.3 Å². The van der Waals surface area contributed by atoms with Crippen LogP contribution in [0.5, 0.6) is 0 Å². The van der Waals surface area contributed by atoms with E-state index in [9.17, 15) is 8.42 Å². The molecule has 1 fully saturated rings. The number of nitrogens with zero attached hydrogens (tertiary/aromatic N) is 1. The van der Waals surface area contributed by atoms with Crippen LogP contribution in [0.3, 0.4) is 0 Å². The van der Waals surface area contributed by atoms with Crippen LogP contribution in [0.25, 0.3) is 0 Å². The Balaban J connectivity index is 2.44. The highest BCUT2D eigenvalue weighted by atomic mass is 32.2. The van der Waals surface area contributed by atoms with E-state index in [0.29, 0.717) is 5.56 Å². The van der Waals surface area contributed by atoms with E-state index in [1.54, 1.807) is 28.6 Å². The second-order valence-corrected chi connectivity index (χ2v) is 7.50. The topological polar surface area (TPSA) is 63.4 Å². The molecule has 2 unspecified atom stereocenters. The van der Waals surface area contributed by atoms with Crippen molar-refractivity contribution in [3.05, 3.63) is 29.8 Å². The van der Waals surface area contributed by atoms with Crippen molar-refractivity contribution in [2.24, 2.45) is 5.73 Å². The zero-order valence-electron chi connectivity index (χ0n) is 11.7. The molecule has 1 aromatic carbocycles. The van der Waals surface area contributed by atoms with Gasteiger partial charge in [0, 0.05) is 17.6 Å². The van der Waals surface area contributed by atoms with E-state index < -0.39 is 10.0 Å². The fraction of sp³-hybridized carbons (Fsp3) is 0.500. The van der Waals surface area contributed by atoms with Crippen LogP contribution in [-0.2, 0) is 10.0 Å². The lowest BCUT2D eigenvalue weighted by molar-refractivity contribution is 0.328. The Labute approximate surface area is 126 Å². The average Bonchev–Trinajstić information content (AvgIpc) is 2.80. The lowest BCUT2D eigenvalue weighted by Crippen LogP contribution is -2.39. The van der Waals surface area contributed by atoms with Crippen LogP contribution in [0.15, 0.2) is 29.2 Å². The van der Waals surface area contributed by atoms with Crippen molar-refractivity contribution in [2.45, 2.75) is 50.1 Å². The zero-order valence-corrected chi connectivity index (χ0v) is 13.4. The fourth-order valence-electron chi connectivity index (χ4n) is 2.80. The molecule has 1 saturated heterocycles. The summed E-state index contributed by atoms with van der Waals surface area (Å²) in [5.74, 6) is 0. The summed E-state index contributed by atoms with van der Waals surface area (Å²) in [7, 11) is -3.49.